The van der Waals surface area contributed by atoms with Crippen molar-refractivity contribution in [2.75, 3.05) is 18.6 Å². The molecular formula is C27H26FNO3. The number of carbonyl (C=O) groups is 1. The molecule has 164 valence electrons. The van der Waals surface area contributed by atoms with Gasteiger partial charge in [0, 0.05) is 23.2 Å². The highest BCUT2D eigenvalue weighted by atomic mass is 19.1. The van der Waals surface area contributed by atoms with Gasteiger partial charge in [0.05, 0.1) is 12.8 Å². The van der Waals surface area contributed by atoms with Crippen LogP contribution in [0.5, 0.6) is 11.5 Å². The van der Waals surface area contributed by atoms with E-state index in [9.17, 15) is 9.18 Å². The van der Waals surface area contributed by atoms with Crippen molar-refractivity contribution in [2.24, 2.45) is 5.92 Å². The quantitative estimate of drug-likeness (QED) is 0.434. The summed E-state index contributed by atoms with van der Waals surface area (Å²) in [5.41, 5.74) is 3.82. The summed E-state index contributed by atoms with van der Waals surface area (Å²) in [6.07, 6.45) is 1.88. The number of ether oxygens (including phenoxy) is 2. The largest absolute Gasteiger partial charge is 0.493 e. The minimum atomic E-state index is -0.308. The molecule has 0 radical (unpaired) electrons. The molecule has 0 fully saturated rings. The molecule has 4 rings (SSSR count). The molecule has 3 aromatic carbocycles. The SMILES string of the molecule is COc1cc(/C=C2\C(=O)N(CC(C)C)c3ccccc32)ccc1OCc1ccccc1F. The lowest BCUT2D eigenvalue weighted by molar-refractivity contribution is -0.113. The molecule has 0 atom stereocenters. The fraction of sp³-hybridized carbons (Fsp3) is 0.222. The van der Waals surface area contributed by atoms with Crippen molar-refractivity contribution in [3.05, 3.63) is 89.2 Å². The summed E-state index contributed by atoms with van der Waals surface area (Å²) in [6, 6.07) is 19.8. The lowest BCUT2D eigenvalue weighted by Gasteiger charge is -2.19. The number of anilines is 1. The maximum atomic E-state index is 13.9. The second kappa shape index (κ2) is 9.27. The Balaban J connectivity index is 1.61. The minimum Gasteiger partial charge on any atom is -0.493 e. The molecule has 5 heteroatoms. The monoisotopic (exact) mass is 431 g/mol. The average Bonchev–Trinajstić information content (AvgIpc) is 3.04. The lowest BCUT2D eigenvalue weighted by Crippen LogP contribution is -2.30. The van der Waals surface area contributed by atoms with Crippen molar-refractivity contribution in [3.63, 3.8) is 0 Å². The van der Waals surface area contributed by atoms with Gasteiger partial charge in [0.15, 0.2) is 11.5 Å². The topological polar surface area (TPSA) is 38.8 Å². The smallest absolute Gasteiger partial charge is 0.259 e. The van der Waals surface area contributed by atoms with Gasteiger partial charge in [-0.25, -0.2) is 4.39 Å². The average molecular weight is 432 g/mol. The van der Waals surface area contributed by atoms with Crippen LogP contribution in [-0.4, -0.2) is 19.6 Å². The van der Waals surface area contributed by atoms with E-state index in [4.69, 9.17) is 9.47 Å². The Morgan fingerprint density at radius 2 is 1.75 bits per heavy atom. The van der Waals surface area contributed by atoms with E-state index in [1.54, 1.807) is 31.4 Å². The van der Waals surface area contributed by atoms with Gasteiger partial charge in [-0.1, -0.05) is 56.3 Å². The third-order valence-electron chi connectivity index (χ3n) is 5.35. The number of fused-ring (bicyclic) bond motifs is 1. The lowest BCUT2D eigenvalue weighted by atomic mass is 10.0. The normalized spacial score (nSPS) is 14.2. The molecule has 0 N–H and O–H groups in total. The van der Waals surface area contributed by atoms with Gasteiger partial charge in [0.1, 0.15) is 12.4 Å². The van der Waals surface area contributed by atoms with Crippen LogP contribution in [0, 0.1) is 11.7 Å². The molecule has 0 spiro atoms. The first kappa shape index (κ1) is 21.6. The van der Waals surface area contributed by atoms with Crippen LogP contribution >= 0.6 is 0 Å². The van der Waals surface area contributed by atoms with Crippen LogP contribution < -0.4 is 14.4 Å². The number of amides is 1. The number of halogens is 1. The molecular weight excluding hydrogens is 405 g/mol. The molecule has 1 aliphatic rings. The van der Waals surface area contributed by atoms with Gasteiger partial charge in [-0.3, -0.25) is 4.79 Å². The number of benzene rings is 3. The van der Waals surface area contributed by atoms with Gasteiger partial charge in [-0.05, 0) is 41.8 Å². The highest BCUT2D eigenvalue weighted by Crippen LogP contribution is 2.39. The van der Waals surface area contributed by atoms with E-state index >= 15 is 0 Å². The van der Waals surface area contributed by atoms with Crippen molar-refractivity contribution in [2.45, 2.75) is 20.5 Å². The number of hydrogen-bond acceptors (Lipinski definition) is 3. The van der Waals surface area contributed by atoms with E-state index in [0.29, 0.717) is 35.1 Å². The first-order valence-electron chi connectivity index (χ1n) is 10.6. The van der Waals surface area contributed by atoms with Crippen molar-refractivity contribution in [1.82, 2.24) is 0 Å². The molecule has 1 aliphatic heterocycles. The van der Waals surface area contributed by atoms with Crippen LogP contribution in [0.25, 0.3) is 11.6 Å². The van der Waals surface area contributed by atoms with Crippen LogP contribution in [0.15, 0.2) is 66.7 Å². The summed E-state index contributed by atoms with van der Waals surface area (Å²) in [7, 11) is 1.56. The Bertz CT molecular complexity index is 1170. The Kier molecular flexibility index (Phi) is 6.26. The molecule has 0 aromatic heterocycles. The van der Waals surface area contributed by atoms with Crippen LogP contribution in [0.2, 0.25) is 0 Å². The van der Waals surface area contributed by atoms with Gasteiger partial charge < -0.3 is 14.4 Å². The van der Waals surface area contributed by atoms with Crippen molar-refractivity contribution < 1.29 is 18.7 Å². The maximum Gasteiger partial charge on any atom is 0.259 e. The molecule has 0 bridgehead atoms. The van der Waals surface area contributed by atoms with Gasteiger partial charge in [-0.2, -0.15) is 0 Å². The predicted octanol–water partition coefficient (Wildman–Crippen LogP) is 5.96. The number of carbonyl (C=O) groups excluding carboxylic acids is 1. The van der Waals surface area contributed by atoms with Gasteiger partial charge in [-0.15, -0.1) is 0 Å². The Morgan fingerprint density at radius 3 is 2.50 bits per heavy atom. The molecule has 1 amide bonds. The van der Waals surface area contributed by atoms with E-state index in [-0.39, 0.29) is 18.3 Å². The zero-order chi connectivity index (χ0) is 22.7. The highest BCUT2D eigenvalue weighted by Gasteiger charge is 2.32. The van der Waals surface area contributed by atoms with Crippen molar-refractivity contribution in [3.8, 4) is 11.5 Å². The number of para-hydroxylation sites is 1. The van der Waals surface area contributed by atoms with Crippen molar-refractivity contribution >= 4 is 23.2 Å². The predicted molar refractivity (Wildman–Crippen MR) is 125 cm³/mol. The third-order valence-corrected chi connectivity index (χ3v) is 5.35. The van der Waals surface area contributed by atoms with Gasteiger partial charge in [0.2, 0.25) is 0 Å². The summed E-state index contributed by atoms with van der Waals surface area (Å²) in [4.78, 5) is 15.0. The van der Waals surface area contributed by atoms with Crippen LogP contribution in [-0.2, 0) is 11.4 Å². The Hall–Kier alpha value is -3.60. The summed E-state index contributed by atoms with van der Waals surface area (Å²) in [5.74, 6) is 1.08. The van der Waals surface area contributed by atoms with E-state index in [2.05, 4.69) is 13.8 Å². The molecule has 0 aliphatic carbocycles. The molecule has 1 heterocycles. The molecule has 32 heavy (non-hydrogen) atoms. The maximum absolute atomic E-state index is 13.9. The number of rotatable bonds is 7. The van der Waals surface area contributed by atoms with Gasteiger partial charge in [0.25, 0.3) is 5.91 Å². The molecule has 0 unspecified atom stereocenters. The number of methoxy groups -OCH3 is 1. The van der Waals surface area contributed by atoms with Crippen LogP contribution in [0.3, 0.4) is 0 Å². The van der Waals surface area contributed by atoms with Gasteiger partial charge >= 0.3 is 0 Å². The summed E-state index contributed by atoms with van der Waals surface area (Å²) in [5, 5.41) is 0. The standard InChI is InChI=1S/C27H26FNO3/c1-18(2)16-29-24-11-7-5-9-21(24)22(27(29)30)14-19-12-13-25(26(15-19)31-3)32-17-20-8-4-6-10-23(20)28/h4-15,18H,16-17H2,1-3H3/b22-14-. The summed E-state index contributed by atoms with van der Waals surface area (Å²) >= 11 is 0. The fourth-order valence-corrected chi connectivity index (χ4v) is 3.82. The van der Waals surface area contributed by atoms with Crippen LogP contribution in [0.4, 0.5) is 10.1 Å². The molecule has 0 saturated heterocycles. The Labute approximate surface area is 187 Å². The Morgan fingerprint density at radius 1 is 1.00 bits per heavy atom. The zero-order valence-electron chi connectivity index (χ0n) is 18.5. The van der Waals surface area contributed by atoms with Crippen LogP contribution in [0.1, 0.15) is 30.5 Å². The van der Waals surface area contributed by atoms with E-state index in [1.807, 2.05) is 47.4 Å². The number of hydrogen-bond donors (Lipinski definition) is 0. The highest BCUT2D eigenvalue weighted by molar-refractivity contribution is 6.35. The molecule has 4 nitrogen and oxygen atoms in total. The molecule has 0 saturated carbocycles. The number of nitrogens with zero attached hydrogens (tertiary/aromatic N) is 1. The van der Waals surface area contributed by atoms with E-state index in [1.165, 1.54) is 6.07 Å². The summed E-state index contributed by atoms with van der Waals surface area (Å²) in [6.45, 7) is 4.96. The second-order valence-corrected chi connectivity index (χ2v) is 8.18. The molecule has 3 aromatic rings. The summed E-state index contributed by atoms with van der Waals surface area (Å²) < 4.78 is 25.2. The minimum absolute atomic E-state index is 0.00116. The van der Waals surface area contributed by atoms with E-state index < -0.39 is 0 Å². The van der Waals surface area contributed by atoms with Crippen molar-refractivity contribution in [1.29, 1.82) is 0 Å². The first-order chi connectivity index (χ1) is 15.5. The second-order valence-electron chi connectivity index (χ2n) is 8.18. The first-order valence-corrected chi connectivity index (χ1v) is 10.6. The van der Waals surface area contributed by atoms with E-state index in [0.717, 1.165) is 16.8 Å². The third kappa shape index (κ3) is 4.37. The fourth-order valence-electron chi connectivity index (χ4n) is 3.82. The zero-order valence-corrected chi connectivity index (χ0v) is 18.5.